The van der Waals surface area contributed by atoms with Crippen molar-refractivity contribution in [3.05, 3.63) is 71.9 Å². The van der Waals surface area contributed by atoms with Crippen molar-refractivity contribution in [3.63, 3.8) is 0 Å². The summed E-state index contributed by atoms with van der Waals surface area (Å²) < 4.78 is 6.54. The fourth-order valence-corrected chi connectivity index (χ4v) is 2.58. The lowest BCUT2D eigenvalue weighted by molar-refractivity contribution is 0.0515. The highest BCUT2D eigenvalue weighted by molar-refractivity contribution is 6.06. The molecule has 2 aromatic carbocycles. The van der Waals surface area contributed by atoms with E-state index in [9.17, 15) is 14.7 Å². The molecule has 0 aliphatic carbocycles. The summed E-state index contributed by atoms with van der Waals surface area (Å²) in [6, 6.07) is 18.1. The number of carboxylic acid groups (broad SMARTS) is 1. The van der Waals surface area contributed by atoms with Crippen molar-refractivity contribution < 1.29 is 19.4 Å². The van der Waals surface area contributed by atoms with Crippen LogP contribution < -0.4 is 0 Å². The molecule has 1 aromatic heterocycles. The molecule has 25 heavy (non-hydrogen) atoms. The third-order valence-corrected chi connectivity index (χ3v) is 3.62. The molecule has 126 valence electrons. The van der Waals surface area contributed by atoms with E-state index in [0.29, 0.717) is 16.9 Å². The number of ether oxygens (including phenoxy) is 1. The van der Waals surface area contributed by atoms with E-state index in [4.69, 9.17) is 4.74 Å². The highest BCUT2D eigenvalue weighted by atomic mass is 16.5. The first kappa shape index (κ1) is 16.4. The van der Waals surface area contributed by atoms with Crippen LogP contribution in [0.5, 0.6) is 0 Å². The summed E-state index contributed by atoms with van der Waals surface area (Å²) in [5.41, 5.74) is 1.34. The highest BCUT2D eigenvalue weighted by Crippen LogP contribution is 2.30. The Morgan fingerprint density at radius 2 is 1.64 bits per heavy atom. The van der Waals surface area contributed by atoms with E-state index in [0.717, 1.165) is 0 Å². The quantitative estimate of drug-likeness (QED) is 0.722. The topological polar surface area (TPSA) is 81.4 Å². The van der Waals surface area contributed by atoms with E-state index < -0.39 is 11.9 Å². The molecule has 0 unspecified atom stereocenters. The predicted octanol–water partition coefficient (Wildman–Crippen LogP) is 3.41. The first-order valence-electron chi connectivity index (χ1n) is 7.77. The number of hydrogen-bond acceptors (Lipinski definition) is 4. The van der Waals surface area contributed by atoms with Gasteiger partial charge in [0.05, 0.1) is 18.0 Å². The van der Waals surface area contributed by atoms with E-state index in [1.165, 1.54) is 4.68 Å². The third-order valence-electron chi connectivity index (χ3n) is 3.62. The summed E-state index contributed by atoms with van der Waals surface area (Å²) >= 11 is 0. The molecule has 0 radical (unpaired) electrons. The molecular weight excluding hydrogens is 320 g/mol. The van der Waals surface area contributed by atoms with Gasteiger partial charge < -0.3 is 9.84 Å². The molecular formula is C19H16N2O4. The van der Waals surface area contributed by atoms with E-state index >= 15 is 0 Å². The number of nitrogens with zero attached hydrogens (tertiary/aromatic N) is 2. The third kappa shape index (κ3) is 3.14. The van der Waals surface area contributed by atoms with Crippen molar-refractivity contribution in [2.75, 3.05) is 6.61 Å². The molecule has 1 N–H and O–H groups in total. The van der Waals surface area contributed by atoms with Gasteiger partial charge in [-0.25, -0.2) is 14.3 Å². The van der Waals surface area contributed by atoms with Crippen LogP contribution in [-0.4, -0.2) is 33.4 Å². The zero-order valence-corrected chi connectivity index (χ0v) is 13.5. The zero-order valence-electron chi connectivity index (χ0n) is 13.5. The maximum atomic E-state index is 12.5. The molecule has 0 spiro atoms. The Kier molecular flexibility index (Phi) is 4.61. The Bertz CT molecular complexity index is 902. The van der Waals surface area contributed by atoms with Crippen LogP contribution in [0.2, 0.25) is 0 Å². The number of esters is 1. The number of aromatic carboxylic acids is 1. The molecule has 3 rings (SSSR count). The molecule has 0 amide bonds. The molecule has 6 nitrogen and oxygen atoms in total. The van der Waals surface area contributed by atoms with Gasteiger partial charge in [0.15, 0.2) is 5.69 Å². The molecule has 0 atom stereocenters. The molecule has 0 saturated heterocycles. The van der Waals surface area contributed by atoms with Gasteiger partial charge in [-0.3, -0.25) is 0 Å². The molecule has 0 saturated carbocycles. The zero-order chi connectivity index (χ0) is 17.8. The highest BCUT2D eigenvalue weighted by Gasteiger charge is 2.30. The minimum Gasteiger partial charge on any atom is -0.476 e. The van der Waals surface area contributed by atoms with Crippen LogP contribution in [0.3, 0.4) is 0 Å². The van der Waals surface area contributed by atoms with Crippen molar-refractivity contribution in [2.24, 2.45) is 0 Å². The summed E-state index contributed by atoms with van der Waals surface area (Å²) in [6.07, 6.45) is 0. The lowest BCUT2D eigenvalue weighted by atomic mass is 10.1. The maximum Gasteiger partial charge on any atom is 0.357 e. The maximum absolute atomic E-state index is 12.5. The molecule has 1 heterocycles. The number of aromatic nitrogens is 2. The largest absolute Gasteiger partial charge is 0.476 e. The minimum absolute atomic E-state index is 0.0515. The minimum atomic E-state index is -1.28. The Hall–Kier alpha value is -3.41. The van der Waals surface area contributed by atoms with Crippen LogP contribution in [0.25, 0.3) is 16.9 Å². The van der Waals surface area contributed by atoms with Crippen molar-refractivity contribution in [1.82, 2.24) is 9.78 Å². The standard InChI is InChI=1S/C19H16N2O4/c1-2-25-19(24)15-16(18(22)23)20-21(14-11-7-4-8-12-14)17(15)13-9-5-3-6-10-13/h3-12H,2H2,1H3,(H,22,23). The van der Waals surface area contributed by atoms with Crippen LogP contribution in [0, 0.1) is 0 Å². The second-order valence-electron chi connectivity index (χ2n) is 5.21. The summed E-state index contributed by atoms with van der Waals surface area (Å²) in [6.45, 7) is 1.81. The SMILES string of the molecule is CCOC(=O)c1c(C(=O)O)nn(-c2ccccc2)c1-c1ccccc1. The monoisotopic (exact) mass is 336 g/mol. The van der Waals surface area contributed by atoms with E-state index in [-0.39, 0.29) is 17.9 Å². The Morgan fingerprint density at radius 3 is 2.20 bits per heavy atom. The number of benzene rings is 2. The fraction of sp³-hybridized carbons (Fsp3) is 0.105. The van der Waals surface area contributed by atoms with E-state index in [2.05, 4.69) is 5.10 Å². The van der Waals surface area contributed by atoms with Gasteiger partial charge in [0, 0.05) is 5.56 Å². The predicted molar refractivity (Wildman–Crippen MR) is 91.9 cm³/mol. The number of para-hydroxylation sites is 1. The number of hydrogen-bond donors (Lipinski definition) is 1. The van der Waals surface area contributed by atoms with Crippen LogP contribution in [0.1, 0.15) is 27.8 Å². The molecule has 6 heteroatoms. The molecule has 0 bridgehead atoms. The van der Waals surface area contributed by atoms with E-state index in [1.807, 2.05) is 36.4 Å². The first-order valence-corrected chi connectivity index (χ1v) is 7.77. The molecule has 0 fully saturated rings. The van der Waals surface area contributed by atoms with Gasteiger partial charge in [-0.05, 0) is 19.1 Å². The molecule has 0 aliphatic heterocycles. The van der Waals surface area contributed by atoms with Crippen LogP contribution >= 0.6 is 0 Å². The second kappa shape index (κ2) is 7.00. The van der Waals surface area contributed by atoms with Crippen molar-refractivity contribution in [1.29, 1.82) is 0 Å². The normalized spacial score (nSPS) is 10.4. The van der Waals surface area contributed by atoms with Crippen molar-refractivity contribution in [3.8, 4) is 16.9 Å². The van der Waals surface area contributed by atoms with Gasteiger partial charge in [0.25, 0.3) is 0 Å². The molecule has 3 aromatic rings. The number of carbonyl (C=O) groups excluding carboxylic acids is 1. The molecule has 0 aliphatic rings. The Labute approximate surface area is 144 Å². The van der Waals surface area contributed by atoms with Gasteiger partial charge >= 0.3 is 11.9 Å². The lowest BCUT2D eigenvalue weighted by Crippen LogP contribution is -2.11. The Balaban J connectivity index is 2.34. The van der Waals surface area contributed by atoms with Gasteiger partial charge in [-0.15, -0.1) is 0 Å². The number of carbonyl (C=O) groups is 2. The Morgan fingerprint density at radius 1 is 1.04 bits per heavy atom. The van der Waals surface area contributed by atoms with Gasteiger partial charge in [0.2, 0.25) is 0 Å². The summed E-state index contributed by atoms with van der Waals surface area (Å²) in [7, 11) is 0. The lowest BCUT2D eigenvalue weighted by Gasteiger charge is -2.09. The fourth-order valence-electron chi connectivity index (χ4n) is 2.58. The average molecular weight is 336 g/mol. The van der Waals surface area contributed by atoms with E-state index in [1.54, 1.807) is 31.2 Å². The summed E-state index contributed by atoms with van der Waals surface area (Å²) in [5.74, 6) is -1.99. The average Bonchev–Trinajstić information content (AvgIpc) is 3.04. The number of rotatable bonds is 5. The second-order valence-corrected chi connectivity index (χ2v) is 5.21. The van der Waals surface area contributed by atoms with Crippen molar-refractivity contribution >= 4 is 11.9 Å². The van der Waals surface area contributed by atoms with Crippen LogP contribution in [-0.2, 0) is 4.74 Å². The summed E-state index contributed by atoms with van der Waals surface area (Å²) in [5, 5.41) is 13.7. The van der Waals surface area contributed by atoms with Crippen LogP contribution in [0.15, 0.2) is 60.7 Å². The van der Waals surface area contributed by atoms with Gasteiger partial charge in [-0.1, -0.05) is 48.5 Å². The number of carboxylic acids is 1. The van der Waals surface area contributed by atoms with Crippen molar-refractivity contribution in [2.45, 2.75) is 6.92 Å². The smallest absolute Gasteiger partial charge is 0.357 e. The van der Waals surface area contributed by atoms with Gasteiger partial charge in [0.1, 0.15) is 5.56 Å². The first-order chi connectivity index (χ1) is 12.1. The van der Waals surface area contributed by atoms with Crippen LogP contribution in [0.4, 0.5) is 0 Å². The summed E-state index contributed by atoms with van der Waals surface area (Å²) in [4.78, 5) is 24.1. The van der Waals surface area contributed by atoms with Gasteiger partial charge in [-0.2, -0.15) is 5.10 Å².